The van der Waals surface area contributed by atoms with Crippen molar-refractivity contribution in [1.29, 1.82) is 0 Å². The van der Waals surface area contributed by atoms with Gasteiger partial charge in [-0.05, 0) is 42.3 Å². The number of hydrogen-bond acceptors (Lipinski definition) is 4. The summed E-state index contributed by atoms with van der Waals surface area (Å²) in [5.74, 6) is 0.792. The van der Waals surface area contributed by atoms with Gasteiger partial charge in [-0.15, -0.1) is 0 Å². The van der Waals surface area contributed by atoms with E-state index < -0.39 is 6.10 Å². The lowest BCUT2D eigenvalue weighted by Crippen LogP contribution is -2.48. The molecule has 1 atom stereocenters. The maximum Gasteiger partial charge on any atom is 0.137 e. The van der Waals surface area contributed by atoms with Gasteiger partial charge >= 0.3 is 0 Å². The Labute approximate surface area is 222 Å². The van der Waals surface area contributed by atoms with Crippen molar-refractivity contribution >= 4 is 23.2 Å². The zero-order valence-corrected chi connectivity index (χ0v) is 21.8. The van der Waals surface area contributed by atoms with Crippen molar-refractivity contribution < 1.29 is 5.11 Å². The van der Waals surface area contributed by atoms with Crippen LogP contribution in [0.15, 0.2) is 78.9 Å². The van der Waals surface area contributed by atoms with Gasteiger partial charge in [-0.2, -0.15) is 0 Å². The molecule has 0 radical (unpaired) electrons. The van der Waals surface area contributed by atoms with E-state index in [1.165, 1.54) is 11.1 Å². The molecule has 5 rings (SSSR count). The van der Waals surface area contributed by atoms with E-state index in [9.17, 15) is 5.11 Å². The average Bonchev–Trinajstić information content (AvgIpc) is 3.30. The van der Waals surface area contributed by atoms with Crippen LogP contribution in [0, 0.1) is 6.92 Å². The zero-order valence-electron chi connectivity index (χ0n) is 20.2. The third-order valence-corrected chi connectivity index (χ3v) is 7.36. The Hall–Kier alpha value is -2.67. The highest BCUT2D eigenvalue weighted by Gasteiger charge is 2.28. The summed E-state index contributed by atoms with van der Waals surface area (Å²) in [5.41, 5.74) is 5.05. The molecule has 0 aliphatic carbocycles. The summed E-state index contributed by atoms with van der Waals surface area (Å²) in [6.45, 7) is 6.03. The smallest absolute Gasteiger partial charge is 0.137 e. The van der Waals surface area contributed by atoms with E-state index in [0.29, 0.717) is 6.54 Å². The predicted octanol–water partition coefficient (Wildman–Crippen LogP) is 6.13. The number of aryl methyl sites for hydroxylation is 1. The molecule has 1 aliphatic rings. The number of aromatic amines is 1. The minimum atomic E-state index is -0.645. The number of piperazine rings is 1. The van der Waals surface area contributed by atoms with Crippen LogP contribution >= 0.6 is 23.2 Å². The summed E-state index contributed by atoms with van der Waals surface area (Å²) in [5, 5.41) is 12.5. The molecule has 3 aromatic carbocycles. The first-order valence-corrected chi connectivity index (χ1v) is 13.0. The maximum atomic E-state index is 11.0. The van der Waals surface area contributed by atoms with Crippen LogP contribution in [0.1, 0.15) is 34.7 Å². The van der Waals surface area contributed by atoms with Crippen LogP contribution in [0.3, 0.4) is 0 Å². The molecule has 1 aliphatic heterocycles. The van der Waals surface area contributed by atoms with Gasteiger partial charge in [0.2, 0.25) is 0 Å². The minimum absolute atomic E-state index is 0.119. The van der Waals surface area contributed by atoms with Crippen LogP contribution in [-0.2, 0) is 0 Å². The number of halogens is 2. The van der Waals surface area contributed by atoms with Crippen LogP contribution < -0.4 is 0 Å². The van der Waals surface area contributed by atoms with Crippen molar-refractivity contribution in [1.82, 2.24) is 19.8 Å². The molecule has 1 saturated heterocycles. The van der Waals surface area contributed by atoms with Gasteiger partial charge in [-0.25, -0.2) is 4.98 Å². The normalized spacial score (nSPS) is 15.9. The largest absolute Gasteiger partial charge is 0.385 e. The van der Waals surface area contributed by atoms with E-state index in [4.69, 9.17) is 28.2 Å². The molecule has 5 nitrogen and oxygen atoms in total. The molecule has 2 N–H and O–H groups in total. The molecule has 0 spiro atoms. The molecular formula is C29H30Cl2N4O. The van der Waals surface area contributed by atoms with Crippen molar-refractivity contribution in [3.8, 4) is 11.4 Å². The molecule has 1 aromatic heterocycles. The summed E-state index contributed by atoms with van der Waals surface area (Å²) < 4.78 is 0. The number of aliphatic hydroxyl groups excluding tert-OH is 1. The molecule has 0 bridgehead atoms. The summed E-state index contributed by atoms with van der Waals surface area (Å²) >= 11 is 12.3. The first-order valence-electron chi connectivity index (χ1n) is 12.3. The minimum Gasteiger partial charge on any atom is -0.385 e. The van der Waals surface area contributed by atoms with E-state index in [2.05, 4.69) is 39.0 Å². The molecule has 1 fully saturated rings. The molecule has 36 heavy (non-hydrogen) atoms. The predicted molar refractivity (Wildman–Crippen MR) is 146 cm³/mol. The quantitative estimate of drug-likeness (QED) is 0.307. The highest BCUT2D eigenvalue weighted by Crippen LogP contribution is 2.32. The van der Waals surface area contributed by atoms with Crippen molar-refractivity contribution in [2.45, 2.75) is 19.1 Å². The SMILES string of the molecule is Cc1[nH]c(-c2ccccc2)nc1C(O)CN1CCN(C(c2ccc(Cl)cc2)c2ccc(Cl)cc2)CC1. The number of aliphatic hydroxyl groups is 1. The second kappa shape index (κ2) is 11.2. The Morgan fingerprint density at radius 3 is 1.94 bits per heavy atom. The lowest BCUT2D eigenvalue weighted by Gasteiger charge is -2.40. The first-order chi connectivity index (χ1) is 17.5. The van der Waals surface area contributed by atoms with Gasteiger partial charge in [0.15, 0.2) is 0 Å². The van der Waals surface area contributed by atoms with E-state index >= 15 is 0 Å². The van der Waals surface area contributed by atoms with Crippen molar-refractivity contribution in [2.24, 2.45) is 0 Å². The van der Waals surface area contributed by atoms with Crippen LogP contribution in [0.4, 0.5) is 0 Å². The topological polar surface area (TPSA) is 55.4 Å². The highest BCUT2D eigenvalue weighted by atomic mass is 35.5. The first kappa shape index (κ1) is 25.0. The third-order valence-electron chi connectivity index (χ3n) is 6.86. The molecule has 0 amide bonds. The van der Waals surface area contributed by atoms with E-state index in [1.807, 2.05) is 61.5 Å². The fourth-order valence-corrected chi connectivity index (χ4v) is 5.22. The number of hydrogen-bond donors (Lipinski definition) is 2. The Morgan fingerprint density at radius 1 is 0.833 bits per heavy atom. The van der Waals surface area contributed by atoms with Gasteiger partial charge in [0, 0.05) is 54.0 Å². The summed E-state index contributed by atoms with van der Waals surface area (Å²) in [7, 11) is 0. The van der Waals surface area contributed by atoms with Crippen molar-refractivity contribution in [2.75, 3.05) is 32.7 Å². The molecule has 1 unspecified atom stereocenters. The number of rotatable bonds is 7. The lowest BCUT2D eigenvalue weighted by atomic mass is 9.96. The summed E-state index contributed by atoms with van der Waals surface area (Å²) in [6, 6.07) is 26.3. The molecular weight excluding hydrogens is 491 g/mol. The van der Waals surface area contributed by atoms with E-state index in [-0.39, 0.29) is 6.04 Å². The number of imidazole rings is 1. The Kier molecular flexibility index (Phi) is 7.75. The number of H-pyrrole nitrogens is 1. The maximum absolute atomic E-state index is 11.0. The number of nitrogens with zero attached hydrogens (tertiary/aromatic N) is 3. The van der Waals surface area contributed by atoms with Crippen molar-refractivity contribution in [3.05, 3.63) is 111 Å². The Morgan fingerprint density at radius 2 is 1.39 bits per heavy atom. The average molecular weight is 521 g/mol. The summed E-state index contributed by atoms with van der Waals surface area (Å²) in [6.07, 6.45) is -0.645. The van der Waals surface area contributed by atoms with Gasteiger partial charge in [-0.3, -0.25) is 9.80 Å². The fraction of sp³-hybridized carbons (Fsp3) is 0.276. The third kappa shape index (κ3) is 5.66. The van der Waals surface area contributed by atoms with Crippen LogP contribution in [0.5, 0.6) is 0 Å². The second-order valence-corrected chi connectivity index (χ2v) is 10.2. The molecule has 7 heteroatoms. The fourth-order valence-electron chi connectivity index (χ4n) is 4.97. The molecule has 186 valence electrons. The van der Waals surface area contributed by atoms with Crippen LogP contribution in [-0.4, -0.2) is 57.6 Å². The Bertz CT molecular complexity index is 1220. The van der Waals surface area contributed by atoms with Crippen molar-refractivity contribution in [3.63, 3.8) is 0 Å². The second-order valence-electron chi connectivity index (χ2n) is 9.32. The van der Waals surface area contributed by atoms with Gasteiger partial charge in [-0.1, -0.05) is 77.8 Å². The zero-order chi connectivity index (χ0) is 25.1. The molecule has 4 aromatic rings. The standard InChI is InChI=1S/C29H30Cl2N4O/c1-20-27(33-29(32-20)23-5-3-2-4-6-23)26(36)19-34-15-17-35(18-16-34)28(21-7-11-24(30)12-8-21)22-9-13-25(31)14-10-22/h2-14,26,28,36H,15-19H2,1H3,(H,32,33). The van der Waals surface area contributed by atoms with Gasteiger partial charge in [0.25, 0.3) is 0 Å². The van der Waals surface area contributed by atoms with E-state index in [0.717, 1.165) is 59.0 Å². The lowest BCUT2D eigenvalue weighted by molar-refractivity contribution is 0.0606. The summed E-state index contributed by atoms with van der Waals surface area (Å²) in [4.78, 5) is 12.9. The number of β-amino-alcohol motifs (C(OH)–C–C–N with tert-alkyl or cyclic N) is 1. The highest BCUT2D eigenvalue weighted by molar-refractivity contribution is 6.30. The van der Waals surface area contributed by atoms with E-state index in [1.54, 1.807) is 0 Å². The van der Waals surface area contributed by atoms with Gasteiger partial charge < -0.3 is 10.1 Å². The number of benzene rings is 3. The van der Waals surface area contributed by atoms with Gasteiger partial charge in [0.05, 0.1) is 11.7 Å². The molecule has 2 heterocycles. The number of aromatic nitrogens is 2. The van der Waals surface area contributed by atoms with Crippen LogP contribution in [0.25, 0.3) is 11.4 Å². The Balaban J connectivity index is 1.26. The molecule has 0 saturated carbocycles. The van der Waals surface area contributed by atoms with Gasteiger partial charge in [0.1, 0.15) is 11.9 Å². The van der Waals surface area contributed by atoms with Crippen LogP contribution in [0.2, 0.25) is 10.0 Å². The monoisotopic (exact) mass is 520 g/mol. The number of nitrogens with one attached hydrogen (secondary N) is 1.